The number of rotatable bonds is 4. The highest BCUT2D eigenvalue weighted by molar-refractivity contribution is 6.08. The molecule has 1 heterocycles. The lowest BCUT2D eigenvalue weighted by atomic mass is 9.76. The molecule has 1 aliphatic rings. The summed E-state index contributed by atoms with van der Waals surface area (Å²) in [6.45, 7) is 1.37. The van der Waals surface area contributed by atoms with Crippen molar-refractivity contribution in [2.24, 2.45) is 11.7 Å². The summed E-state index contributed by atoms with van der Waals surface area (Å²) in [5, 5.41) is 12.3. The molecule has 1 aliphatic heterocycles. The fourth-order valence-corrected chi connectivity index (χ4v) is 1.96. The first-order valence-electron chi connectivity index (χ1n) is 5.04. The van der Waals surface area contributed by atoms with Crippen LogP contribution in [0.15, 0.2) is 0 Å². The Hall–Kier alpha value is -0.545. The minimum absolute atomic E-state index is 0.00250. The second-order valence-corrected chi connectivity index (χ2v) is 3.93. The molecule has 0 bridgehead atoms. The number of hydrogen-bond donors (Lipinski definition) is 3. The van der Waals surface area contributed by atoms with Gasteiger partial charge in [0, 0.05) is 12.5 Å². The van der Waals surface area contributed by atoms with E-state index < -0.39 is 11.5 Å². The smallest absolute Gasteiger partial charge is 0.324 e. The van der Waals surface area contributed by atoms with Gasteiger partial charge in [0.2, 0.25) is 0 Å². The molecule has 1 saturated heterocycles. The van der Waals surface area contributed by atoms with Crippen LogP contribution >= 0.6 is 0 Å². The molecule has 14 heavy (non-hydrogen) atoms. The summed E-state index contributed by atoms with van der Waals surface area (Å²) < 4.78 is 0. The van der Waals surface area contributed by atoms with Crippen molar-refractivity contribution < 1.29 is 9.90 Å². The summed E-state index contributed by atoms with van der Waals surface area (Å²) in [6.07, 6.45) is 2.70. The SMILES string of the molecule is [B]CCCC1CNCC[C@@]1(N)C(=O)O. The van der Waals surface area contributed by atoms with E-state index >= 15 is 0 Å². The van der Waals surface area contributed by atoms with E-state index in [0.29, 0.717) is 25.8 Å². The number of carboxylic acids is 1. The predicted molar refractivity (Wildman–Crippen MR) is 55.3 cm³/mol. The third-order valence-electron chi connectivity index (χ3n) is 2.99. The van der Waals surface area contributed by atoms with E-state index in [2.05, 4.69) is 5.32 Å². The van der Waals surface area contributed by atoms with Crippen molar-refractivity contribution in [1.82, 2.24) is 5.32 Å². The fraction of sp³-hybridized carbons (Fsp3) is 0.889. The molecule has 2 radical (unpaired) electrons. The van der Waals surface area contributed by atoms with E-state index in [9.17, 15) is 4.79 Å². The molecular formula is C9H17BN2O2. The number of piperidine rings is 1. The van der Waals surface area contributed by atoms with Crippen molar-refractivity contribution in [2.75, 3.05) is 13.1 Å². The Kier molecular flexibility index (Phi) is 3.95. The van der Waals surface area contributed by atoms with Gasteiger partial charge in [0.1, 0.15) is 5.54 Å². The Morgan fingerprint density at radius 3 is 3.00 bits per heavy atom. The summed E-state index contributed by atoms with van der Waals surface area (Å²) >= 11 is 0. The molecule has 1 unspecified atom stereocenters. The first-order chi connectivity index (χ1) is 6.61. The minimum Gasteiger partial charge on any atom is -0.480 e. The summed E-state index contributed by atoms with van der Waals surface area (Å²) in [5.41, 5.74) is 4.85. The molecule has 0 aromatic heterocycles. The Balaban J connectivity index is 2.63. The molecule has 1 rings (SSSR count). The van der Waals surface area contributed by atoms with Crippen LogP contribution in [0.3, 0.4) is 0 Å². The van der Waals surface area contributed by atoms with Crippen LogP contribution in [0.25, 0.3) is 0 Å². The molecule has 5 heteroatoms. The third-order valence-corrected chi connectivity index (χ3v) is 2.99. The lowest BCUT2D eigenvalue weighted by Gasteiger charge is -2.38. The molecule has 0 aromatic rings. The Morgan fingerprint density at radius 1 is 1.71 bits per heavy atom. The van der Waals surface area contributed by atoms with E-state index in [-0.39, 0.29) is 5.92 Å². The maximum absolute atomic E-state index is 11.1. The summed E-state index contributed by atoms with van der Waals surface area (Å²) in [7, 11) is 5.40. The minimum atomic E-state index is -1.06. The lowest BCUT2D eigenvalue weighted by molar-refractivity contribution is -0.146. The van der Waals surface area contributed by atoms with Gasteiger partial charge in [0.05, 0.1) is 7.85 Å². The van der Waals surface area contributed by atoms with Crippen LogP contribution in [0.5, 0.6) is 0 Å². The van der Waals surface area contributed by atoms with Crippen molar-refractivity contribution in [3.63, 3.8) is 0 Å². The van der Waals surface area contributed by atoms with E-state index in [1.165, 1.54) is 0 Å². The van der Waals surface area contributed by atoms with E-state index in [1.807, 2.05) is 0 Å². The maximum atomic E-state index is 11.1. The fourth-order valence-electron chi connectivity index (χ4n) is 1.96. The van der Waals surface area contributed by atoms with E-state index in [0.717, 1.165) is 12.8 Å². The van der Waals surface area contributed by atoms with Crippen LogP contribution in [0, 0.1) is 5.92 Å². The standard InChI is InChI=1S/C9H17BN2O2/c10-4-1-2-7-6-12-5-3-9(7,11)8(13)14/h7,12H,1-6,11H2,(H,13,14)/t7?,9-/m0/s1. The molecule has 4 nitrogen and oxygen atoms in total. The van der Waals surface area contributed by atoms with Gasteiger partial charge in [0.25, 0.3) is 0 Å². The Bertz CT molecular complexity index is 213. The summed E-state index contributed by atoms with van der Waals surface area (Å²) in [5.74, 6) is -0.890. The molecule has 2 atom stereocenters. The zero-order valence-electron chi connectivity index (χ0n) is 8.33. The quantitative estimate of drug-likeness (QED) is 0.541. The second-order valence-electron chi connectivity index (χ2n) is 3.93. The van der Waals surface area contributed by atoms with Crippen molar-refractivity contribution in [3.8, 4) is 0 Å². The van der Waals surface area contributed by atoms with Crippen LogP contribution in [0.1, 0.15) is 19.3 Å². The summed E-state index contributed by atoms with van der Waals surface area (Å²) in [4.78, 5) is 11.1. The van der Waals surface area contributed by atoms with E-state index in [4.69, 9.17) is 18.7 Å². The van der Waals surface area contributed by atoms with E-state index in [1.54, 1.807) is 0 Å². The molecule has 1 fully saturated rings. The van der Waals surface area contributed by atoms with Gasteiger partial charge in [-0.3, -0.25) is 4.79 Å². The van der Waals surface area contributed by atoms with Crippen LogP contribution in [0.2, 0.25) is 6.32 Å². The molecule has 0 amide bonds. The van der Waals surface area contributed by atoms with Crippen molar-refractivity contribution in [1.29, 1.82) is 0 Å². The zero-order valence-corrected chi connectivity index (χ0v) is 8.33. The number of aliphatic carboxylic acids is 1. The Labute approximate surface area is 85.7 Å². The first kappa shape index (κ1) is 11.5. The molecule has 0 spiro atoms. The van der Waals surface area contributed by atoms with Crippen LogP contribution < -0.4 is 11.1 Å². The molecule has 4 N–H and O–H groups in total. The highest BCUT2D eigenvalue weighted by Gasteiger charge is 2.43. The monoisotopic (exact) mass is 196 g/mol. The van der Waals surface area contributed by atoms with Crippen LogP contribution in [-0.2, 0) is 4.79 Å². The summed E-state index contributed by atoms with van der Waals surface area (Å²) in [6, 6.07) is 0. The van der Waals surface area contributed by atoms with Gasteiger partial charge in [-0.05, 0) is 19.4 Å². The van der Waals surface area contributed by atoms with Crippen LogP contribution in [-0.4, -0.2) is 37.6 Å². The maximum Gasteiger partial charge on any atom is 0.324 e. The van der Waals surface area contributed by atoms with Gasteiger partial charge >= 0.3 is 5.97 Å². The lowest BCUT2D eigenvalue weighted by Crippen LogP contribution is -2.61. The first-order valence-corrected chi connectivity index (χ1v) is 5.04. The topological polar surface area (TPSA) is 75.3 Å². The molecule has 78 valence electrons. The number of nitrogens with one attached hydrogen (secondary N) is 1. The highest BCUT2D eigenvalue weighted by atomic mass is 16.4. The molecule has 0 aromatic carbocycles. The third kappa shape index (κ3) is 2.28. The normalized spacial score (nSPS) is 32.8. The van der Waals surface area contributed by atoms with Crippen molar-refractivity contribution in [2.45, 2.75) is 31.1 Å². The zero-order chi connectivity index (χ0) is 10.6. The molecule has 0 aliphatic carbocycles. The van der Waals surface area contributed by atoms with Crippen molar-refractivity contribution >= 4 is 13.8 Å². The van der Waals surface area contributed by atoms with Gasteiger partial charge in [0.15, 0.2) is 0 Å². The van der Waals surface area contributed by atoms with Gasteiger partial charge < -0.3 is 16.2 Å². The Morgan fingerprint density at radius 2 is 2.43 bits per heavy atom. The van der Waals surface area contributed by atoms with Crippen molar-refractivity contribution in [3.05, 3.63) is 0 Å². The van der Waals surface area contributed by atoms with Gasteiger partial charge in [-0.2, -0.15) is 0 Å². The highest BCUT2D eigenvalue weighted by Crippen LogP contribution is 2.26. The molecular weight excluding hydrogens is 179 g/mol. The molecule has 0 saturated carbocycles. The van der Waals surface area contributed by atoms with Gasteiger partial charge in [-0.15, -0.1) is 0 Å². The van der Waals surface area contributed by atoms with Gasteiger partial charge in [-0.1, -0.05) is 12.7 Å². The predicted octanol–water partition coefficient (Wildman–Crippen LogP) is -0.255. The second kappa shape index (κ2) is 4.80. The number of carbonyl (C=O) groups is 1. The van der Waals surface area contributed by atoms with Crippen LogP contribution in [0.4, 0.5) is 0 Å². The average Bonchev–Trinajstić information content (AvgIpc) is 2.16. The number of carboxylic acid groups (broad SMARTS) is 1. The largest absolute Gasteiger partial charge is 0.480 e. The average molecular weight is 196 g/mol. The number of nitrogens with two attached hydrogens (primary N) is 1. The number of hydrogen-bond acceptors (Lipinski definition) is 3. The van der Waals surface area contributed by atoms with Gasteiger partial charge in [-0.25, -0.2) is 0 Å².